The first-order chi connectivity index (χ1) is 10.3. The van der Waals surface area contributed by atoms with E-state index in [4.69, 9.17) is 0 Å². The summed E-state index contributed by atoms with van der Waals surface area (Å²) in [4.78, 5) is 6.96. The van der Waals surface area contributed by atoms with E-state index in [1.165, 1.54) is 21.2 Å². The van der Waals surface area contributed by atoms with Crippen molar-refractivity contribution in [3.8, 4) is 0 Å². The summed E-state index contributed by atoms with van der Waals surface area (Å²) in [6.45, 7) is 5.40. The van der Waals surface area contributed by atoms with Crippen molar-refractivity contribution in [1.29, 1.82) is 0 Å². The van der Waals surface area contributed by atoms with Gasteiger partial charge < -0.3 is 9.80 Å². The van der Waals surface area contributed by atoms with E-state index in [1.807, 2.05) is 0 Å². The fraction of sp³-hybridized carbons (Fsp3) is 0.235. The van der Waals surface area contributed by atoms with Crippen molar-refractivity contribution < 1.29 is 0 Å². The highest BCUT2D eigenvalue weighted by molar-refractivity contribution is 7.98. The van der Waals surface area contributed by atoms with Crippen LogP contribution in [0.5, 0.6) is 0 Å². The molecule has 2 nitrogen and oxygen atoms in total. The molecule has 1 aliphatic heterocycles. The van der Waals surface area contributed by atoms with Crippen LogP contribution in [-0.4, -0.2) is 25.6 Å². The molecular weight excluding hydrogens is 296 g/mol. The number of hydrogen-bond donors (Lipinski definition) is 0. The molecule has 4 heteroatoms. The van der Waals surface area contributed by atoms with Gasteiger partial charge >= 0.3 is 0 Å². The number of rotatable bonds is 4. The standard InChI is InChI=1S/C17H18N2S2/c1-20-16-7-3-14(4-8-16)18-11-12-19(13-18)15-5-9-17(21-2)10-6-15/h3-10H,11-12H2,1-2H3. The molecular formula is C17H18N2S2. The maximum Gasteiger partial charge on any atom is 0.208 e. The quantitative estimate of drug-likeness (QED) is 0.769. The molecule has 21 heavy (non-hydrogen) atoms. The van der Waals surface area contributed by atoms with E-state index in [2.05, 4.69) is 77.5 Å². The van der Waals surface area contributed by atoms with Crippen LogP contribution in [-0.2, 0) is 0 Å². The largest absolute Gasteiger partial charge is 0.339 e. The third-order valence-corrected chi connectivity index (χ3v) is 5.04. The fourth-order valence-electron chi connectivity index (χ4n) is 2.34. The van der Waals surface area contributed by atoms with Crippen LogP contribution >= 0.6 is 23.5 Å². The molecule has 1 saturated heterocycles. The molecule has 2 aromatic rings. The highest BCUT2D eigenvalue weighted by Crippen LogP contribution is 2.28. The Kier molecular flexibility index (Phi) is 4.66. The lowest BCUT2D eigenvalue weighted by Crippen LogP contribution is -2.18. The van der Waals surface area contributed by atoms with Gasteiger partial charge in [-0.15, -0.1) is 23.5 Å². The average Bonchev–Trinajstić information content (AvgIpc) is 3.05. The van der Waals surface area contributed by atoms with Crippen LogP contribution in [0, 0.1) is 6.67 Å². The molecule has 2 aromatic carbocycles. The maximum absolute atomic E-state index is 3.45. The molecule has 0 amide bonds. The monoisotopic (exact) mass is 314 g/mol. The zero-order valence-corrected chi connectivity index (χ0v) is 13.9. The maximum atomic E-state index is 3.45. The molecule has 1 aliphatic rings. The molecule has 1 fully saturated rings. The van der Waals surface area contributed by atoms with Gasteiger partial charge in [-0.05, 0) is 61.0 Å². The van der Waals surface area contributed by atoms with Crippen LogP contribution in [0.25, 0.3) is 0 Å². The smallest absolute Gasteiger partial charge is 0.208 e. The minimum absolute atomic E-state index is 0.975. The Balaban J connectivity index is 1.68. The molecule has 0 atom stereocenters. The van der Waals surface area contributed by atoms with Gasteiger partial charge in [-0.1, -0.05) is 0 Å². The van der Waals surface area contributed by atoms with Gasteiger partial charge in [0.1, 0.15) is 0 Å². The normalized spacial score (nSPS) is 14.8. The lowest BCUT2D eigenvalue weighted by Gasteiger charge is -2.19. The summed E-state index contributed by atoms with van der Waals surface area (Å²) in [6, 6.07) is 17.3. The number of anilines is 2. The van der Waals surface area contributed by atoms with Crippen LogP contribution in [0.3, 0.4) is 0 Å². The zero-order chi connectivity index (χ0) is 14.7. The van der Waals surface area contributed by atoms with Crippen LogP contribution in [0.15, 0.2) is 58.3 Å². The van der Waals surface area contributed by atoms with Gasteiger partial charge in [0.2, 0.25) is 6.67 Å². The summed E-state index contributed by atoms with van der Waals surface area (Å²) in [7, 11) is 0. The number of nitrogens with zero attached hydrogens (tertiary/aromatic N) is 2. The third kappa shape index (κ3) is 3.33. The molecule has 0 saturated carbocycles. The SMILES string of the molecule is CSc1ccc(N2[C]N(c3ccc(SC)cc3)CC2)cc1. The summed E-state index contributed by atoms with van der Waals surface area (Å²) in [6.07, 6.45) is 4.20. The van der Waals surface area contributed by atoms with E-state index in [1.54, 1.807) is 23.5 Å². The molecule has 3 rings (SSSR count). The summed E-state index contributed by atoms with van der Waals surface area (Å²) >= 11 is 3.54. The average molecular weight is 314 g/mol. The second-order valence-electron chi connectivity index (χ2n) is 4.80. The van der Waals surface area contributed by atoms with Crippen LogP contribution in [0.1, 0.15) is 0 Å². The van der Waals surface area contributed by atoms with Gasteiger partial charge in [0.25, 0.3) is 0 Å². The van der Waals surface area contributed by atoms with Gasteiger partial charge in [0.05, 0.1) is 0 Å². The molecule has 108 valence electrons. The Bertz CT molecular complexity index is 527. The second kappa shape index (κ2) is 6.67. The summed E-state index contributed by atoms with van der Waals surface area (Å²) in [5.41, 5.74) is 2.41. The van der Waals surface area contributed by atoms with Crippen LogP contribution in [0.4, 0.5) is 11.4 Å². The van der Waals surface area contributed by atoms with Crippen molar-refractivity contribution >= 4 is 34.9 Å². The van der Waals surface area contributed by atoms with Crippen molar-refractivity contribution in [3.05, 3.63) is 55.2 Å². The molecule has 2 radical (unpaired) electrons. The lowest BCUT2D eigenvalue weighted by molar-refractivity contribution is 1.02. The van der Waals surface area contributed by atoms with E-state index in [0.717, 1.165) is 13.1 Å². The Hall–Kier alpha value is -1.26. The van der Waals surface area contributed by atoms with Crippen molar-refractivity contribution in [2.24, 2.45) is 0 Å². The number of hydrogen-bond acceptors (Lipinski definition) is 4. The molecule has 0 bridgehead atoms. The molecule has 0 aliphatic carbocycles. The predicted octanol–water partition coefficient (Wildman–Crippen LogP) is 4.45. The van der Waals surface area contributed by atoms with Crippen molar-refractivity contribution in [3.63, 3.8) is 0 Å². The fourth-order valence-corrected chi connectivity index (χ4v) is 3.16. The molecule has 1 heterocycles. The summed E-state index contributed by atoms with van der Waals surface area (Å²) in [5.74, 6) is 0. The second-order valence-corrected chi connectivity index (χ2v) is 6.56. The van der Waals surface area contributed by atoms with Gasteiger partial charge in [-0.25, -0.2) is 0 Å². The Morgan fingerprint density at radius 3 is 1.43 bits per heavy atom. The zero-order valence-electron chi connectivity index (χ0n) is 12.2. The molecule has 0 spiro atoms. The minimum Gasteiger partial charge on any atom is -0.339 e. The first kappa shape index (κ1) is 14.7. The topological polar surface area (TPSA) is 6.48 Å². The molecule has 0 aromatic heterocycles. The Labute approximate surface area is 135 Å². The summed E-state index contributed by atoms with van der Waals surface area (Å²) < 4.78 is 0. The highest BCUT2D eigenvalue weighted by atomic mass is 32.2. The predicted molar refractivity (Wildman–Crippen MR) is 94.4 cm³/mol. The van der Waals surface area contributed by atoms with Crippen molar-refractivity contribution in [2.75, 3.05) is 35.4 Å². The van der Waals surface area contributed by atoms with Gasteiger partial charge in [0.15, 0.2) is 0 Å². The van der Waals surface area contributed by atoms with Crippen LogP contribution in [0.2, 0.25) is 0 Å². The molecule has 0 N–H and O–H groups in total. The highest BCUT2D eigenvalue weighted by Gasteiger charge is 2.22. The number of thioether (sulfide) groups is 2. The van der Waals surface area contributed by atoms with Gasteiger partial charge in [-0.3, -0.25) is 0 Å². The Morgan fingerprint density at radius 2 is 1.10 bits per heavy atom. The number of benzene rings is 2. The van der Waals surface area contributed by atoms with E-state index in [-0.39, 0.29) is 0 Å². The van der Waals surface area contributed by atoms with Crippen molar-refractivity contribution in [2.45, 2.75) is 9.79 Å². The molecule has 0 unspecified atom stereocenters. The van der Waals surface area contributed by atoms with E-state index < -0.39 is 0 Å². The minimum atomic E-state index is 0.975. The third-order valence-electron chi connectivity index (χ3n) is 3.56. The van der Waals surface area contributed by atoms with Crippen LogP contribution < -0.4 is 9.80 Å². The first-order valence-electron chi connectivity index (χ1n) is 6.89. The lowest BCUT2D eigenvalue weighted by atomic mass is 10.3. The van der Waals surface area contributed by atoms with E-state index in [9.17, 15) is 0 Å². The van der Waals surface area contributed by atoms with Gasteiger partial charge in [0, 0.05) is 34.3 Å². The van der Waals surface area contributed by atoms with E-state index >= 15 is 0 Å². The first-order valence-corrected chi connectivity index (χ1v) is 9.34. The Morgan fingerprint density at radius 1 is 0.714 bits per heavy atom. The van der Waals surface area contributed by atoms with Crippen molar-refractivity contribution in [1.82, 2.24) is 0 Å². The van der Waals surface area contributed by atoms with E-state index in [0.29, 0.717) is 0 Å². The summed E-state index contributed by atoms with van der Waals surface area (Å²) in [5, 5.41) is 0. The van der Waals surface area contributed by atoms with Gasteiger partial charge in [-0.2, -0.15) is 0 Å².